The molecule has 0 atom stereocenters. The van der Waals surface area contributed by atoms with Gasteiger partial charge in [-0.25, -0.2) is 4.39 Å². The highest BCUT2D eigenvalue weighted by Crippen LogP contribution is 2.10. The molecule has 0 saturated carbocycles. The maximum Gasteiger partial charge on any atom is 0.245 e. The Morgan fingerprint density at radius 3 is 2.67 bits per heavy atom. The Morgan fingerprint density at radius 1 is 1.28 bits per heavy atom. The van der Waals surface area contributed by atoms with Crippen LogP contribution in [0.1, 0.15) is 25.6 Å². The normalized spacial score (nSPS) is 10.9. The van der Waals surface area contributed by atoms with Gasteiger partial charge in [0.2, 0.25) is 5.89 Å². The van der Waals surface area contributed by atoms with Gasteiger partial charge in [0.15, 0.2) is 5.82 Å². The number of nitrogens with zero attached hydrogens (tertiary/aromatic N) is 2. The first-order valence-corrected chi connectivity index (χ1v) is 5.94. The third kappa shape index (κ3) is 3.55. The van der Waals surface area contributed by atoms with Crippen LogP contribution in [-0.2, 0) is 13.0 Å². The Hall–Kier alpha value is -1.91. The lowest BCUT2D eigenvalue weighted by molar-refractivity contribution is 0.375. The van der Waals surface area contributed by atoms with E-state index in [1.807, 2.05) is 0 Å². The molecule has 0 amide bonds. The zero-order chi connectivity index (χ0) is 13.0. The highest BCUT2D eigenvalue weighted by Gasteiger charge is 2.07. The predicted octanol–water partition coefficient (Wildman–Crippen LogP) is 3.02. The van der Waals surface area contributed by atoms with Crippen LogP contribution in [0.3, 0.4) is 0 Å². The molecular formula is C13H16FN3O. The Balaban J connectivity index is 1.90. The summed E-state index contributed by atoms with van der Waals surface area (Å²) >= 11 is 0. The van der Waals surface area contributed by atoms with Crippen LogP contribution in [0.4, 0.5) is 10.1 Å². The summed E-state index contributed by atoms with van der Waals surface area (Å²) in [6, 6.07) is 6.14. The van der Waals surface area contributed by atoms with E-state index >= 15 is 0 Å². The molecule has 0 aliphatic carbocycles. The summed E-state index contributed by atoms with van der Waals surface area (Å²) in [6.45, 7) is 4.65. The standard InChI is InChI=1S/C13H16FN3O/c1-9(2)7-12-16-13(18-17-12)8-15-11-5-3-10(14)4-6-11/h3-6,9,15H,7-8H2,1-2H3. The molecule has 0 saturated heterocycles. The van der Waals surface area contributed by atoms with Crippen LogP contribution in [0.25, 0.3) is 0 Å². The zero-order valence-electron chi connectivity index (χ0n) is 10.5. The van der Waals surface area contributed by atoms with Gasteiger partial charge in [0.1, 0.15) is 5.82 Å². The molecule has 96 valence electrons. The van der Waals surface area contributed by atoms with Gasteiger partial charge in [-0.05, 0) is 30.2 Å². The average molecular weight is 249 g/mol. The van der Waals surface area contributed by atoms with Crippen molar-refractivity contribution in [2.45, 2.75) is 26.8 Å². The Morgan fingerprint density at radius 2 is 2.00 bits per heavy atom. The molecule has 0 fully saturated rings. The van der Waals surface area contributed by atoms with E-state index in [2.05, 4.69) is 29.3 Å². The summed E-state index contributed by atoms with van der Waals surface area (Å²) in [7, 11) is 0. The molecule has 1 aromatic heterocycles. The average Bonchev–Trinajstić information content (AvgIpc) is 2.75. The van der Waals surface area contributed by atoms with E-state index in [0.717, 1.165) is 17.9 Å². The second-order valence-electron chi connectivity index (χ2n) is 4.56. The minimum atomic E-state index is -0.252. The number of hydrogen-bond donors (Lipinski definition) is 1. The number of rotatable bonds is 5. The van der Waals surface area contributed by atoms with Gasteiger partial charge < -0.3 is 9.84 Å². The molecule has 1 heterocycles. The summed E-state index contributed by atoms with van der Waals surface area (Å²) in [5, 5.41) is 6.99. The number of aromatic nitrogens is 2. The van der Waals surface area contributed by atoms with Gasteiger partial charge in [0, 0.05) is 12.1 Å². The van der Waals surface area contributed by atoms with Crippen molar-refractivity contribution < 1.29 is 8.91 Å². The molecule has 0 spiro atoms. The Labute approximate surface area is 105 Å². The quantitative estimate of drug-likeness (QED) is 0.885. The predicted molar refractivity (Wildman–Crippen MR) is 66.6 cm³/mol. The van der Waals surface area contributed by atoms with Crippen molar-refractivity contribution in [3.05, 3.63) is 41.8 Å². The van der Waals surface area contributed by atoms with Crippen LogP contribution < -0.4 is 5.32 Å². The molecule has 2 rings (SSSR count). The van der Waals surface area contributed by atoms with Crippen molar-refractivity contribution in [2.24, 2.45) is 5.92 Å². The molecule has 0 radical (unpaired) electrons. The SMILES string of the molecule is CC(C)Cc1noc(CNc2ccc(F)cc2)n1. The van der Waals surface area contributed by atoms with E-state index in [9.17, 15) is 4.39 Å². The van der Waals surface area contributed by atoms with Gasteiger partial charge >= 0.3 is 0 Å². The van der Waals surface area contributed by atoms with E-state index in [1.165, 1.54) is 12.1 Å². The molecule has 4 nitrogen and oxygen atoms in total. The molecule has 0 aliphatic rings. The minimum Gasteiger partial charge on any atom is -0.376 e. The fourth-order valence-electron chi connectivity index (χ4n) is 1.56. The summed E-state index contributed by atoms with van der Waals surface area (Å²) < 4.78 is 17.8. The van der Waals surface area contributed by atoms with Crippen LogP contribution >= 0.6 is 0 Å². The third-order valence-electron chi connectivity index (χ3n) is 2.39. The lowest BCUT2D eigenvalue weighted by Gasteiger charge is -2.02. The number of benzene rings is 1. The van der Waals surface area contributed by atoms with Gasteiger partial charge in [-0.2, -0.15) is 4.98 Å². The molecule has 0 aliphatic heterocycles. The highest BCUT2D eigenvalue weighted by molar-refractivity contribution is 5.42. The summed E-state index contributed by atoms with van der Waals surface area (Å²) in [5.41, 5.74) is 0.819. The number of nitrogens with one attached hydrogen (secondary N) is 1. The zero-order valence-corrected chi connectivity index (χ0v) is 10.5. The molecule has 0 unspecified atom stereocenters. The van der Waals surface area contributed by atoms with Crippen molar-refractivity contribution >= 4 is 5.69 Å². The van der Waals surface area contributed by atoms with Crippen molar-refractivity contribution in [3.8, 4) is 0 Å². The summed E-state index contributed by atoms with van der Waals surface area (Å²) in [6.07, 6.45) is 0.806. The van der Waals surface area contributed by atoms with E-state index in [4.69, 9.17) is 4.52 Å². The summed E-state index contributed by atoms with van der Waals surface area (Å²) in [5.74, 6) is 1.51. The first kappa shape index (κ1) is 12.5. The van der Waals surface area contributed by atoms with Gasteiger partial charge in [-0.3, -0.25) is 0 Å². The largest absolute Gasteiger partial charge is 0.376 e. The number of hydrogen-bond acceptors (Lipinski definition) is 4. The Kier molecular flexibility index (Phi) is 3.92. The van der Waals surface area contributed by atoms with Crippen LogP contribution in [0.15, 0.2) is 28.8 Å². The van der Waals surface area contributed by atoms with Crippen LogP contribution in [0.5, 0.6) is 0 Å². The smallest absolute Gasteiger partial charge is 0.245 e. The molecule has 0 bridgehead atoms. The van der Waals surface area contributed by atoms with Crippen LogP contribution in [0.2, 0.25) is 0 Å². The van der Waals surface area contributed by atoms with Crippen molar-refractivity contribution in [3.63, 3.8) is 0 Å². The monoisotopic (exact) mass is 249 g/mol. The van der Waals surface area contributed by atoms with E-state index in [1.54, 1.807) is 12.1 Å². The van der Waals surface area contributed by atoms with E-state index in [0.29, 0.717) is 18.4 Å². The molecular weight excluding hydrogens is 233 g/mol. The second-order valence-corrected chi connectivity index (χ2v) is 4.56. The maximum atomic E-state index is 12.7. The lowest BCUT2D eigenvalue weighted by atomic mass is 10.1. The fraction of sp³-hybridized carbons (Fsp3) is 0.385. The minimum absolute atomic E-state index is 0.252. The second kappa shape index (κ2) is 5.62. The molecule has 2 aromatic rings. The summed E-state index contributed by atoms with van der Waals surface area (Å²) in [4.78, 5) is 4.27. The lowest BCUT2D eigenvalue weighted by Crippen LogP contribution is -2.01. The molecule has 1 N–H and O–H groups in total. The first-order valence-electron chi connectivity index (χ1n) is 5.94. The van der Waals surface area contributed by atoms with Gasteiger partial charge in [0.25, 0.3) is 0 Å². The Bertz CT molecular complexity index is 493. The third-order valence-corrected chi connectivity index (χ3v) is 2.39. The van der Waals surface area contributed by atoms with Crippen molar-refractivity contribution in [1.29, 1.82) is 0 Å². The molecule has 5 heteroatoms. The first-order chi connectivity index (χ1) is 8.63. The molecule has 1 aromatic carbocycles. The van der Waals surface area contributed by atoms with Crippen LogP contribution in [-0.4, -0.2) is 10.1 Å². The number of halogens is 1. The van der Waals surface area contributed by atoms with Crippen molar-refractivity contribution in [1.82, 2.24) is 10.1 Å². The number of anilines is 1. The maximum absolute atomic E-state index is 12.7. The topological polar surface area (TPSA) is 51.0 Å². The van der Waals surface area contributed by atoms with Gasteiger partial charge in [-0.1, -0.05) is 19.0 Å². The van der Waals surface area contributed by atoms with E-state index in [-0.39, 0.29) is 5.82 Å². The highest BCUT2D eigenvalue weighted by atomic mass is 19.1. The van der Waals surface area contributed by atoms with E-state index < -0.39 is 0 Å². The molecule has 18 heavy (non-hydrogen) atoms. The van der Waals surface area contributed by atoms with Crippen LogP contribution in [0, 0.1) is 11.7 Å². The van der Waals surface area contributed by atoms with Gasteiger partial charge in [-0.15, -0.1) is 0 Å². The fourth-order valence-corrected chi connectivity index (χ4v) is 1.56. The van der Waals surface area contributed by atoms with Gasteiger partial charge in [0.05, 0.1) is 6.54 Å². The van der Waals surface area contributed by atoms with Crippen molar-refractivity contribution in [2.75, 3.05) is 5.32 Å².